The van der Waals surface area contributed by atoms with Gasteiger partial charge in [-0.2, -0.15) is 0 Å². The summed E-state index contributed by atoms with van der Waals surface area (Å²) in [6.45, 7) is 2.81. The van der Waals surface area contributed by atoms with Crippen molar-refractivity contribution in [2.24, 2.45) is 0 Å². The van der Waals surface area contributed by atoms with E-state index in [1.165, 1.54) is 36.4 Å². The van der Waals surface area contributed by atoms with Crippen LogP contribution in [0.4, 0.5) is 8.78 Å². The minimum Gasteiger partial charge on any atom is -0.422 e. The number of carbonyl (C=O) groups is 1. The molecule has 2 aromatic carbocycles. The quantitative estimate of drug-likeness (QED) is 0.528. The van der Waals surface area contributed by atoms with Gasteiger partial charge in [-0.15, -0.1) is 0 Å². The second-order valence-corrected chi connectivity index (χ2v) is 7.29. The summed E-state index contributed by atoms with van der Waals surface area (Å²) in [5.41, 5.74) is 2.84. The Morgan fingerprint density at radius 1 is 0.900 bits per heavy atom. The van der Waals surface area contributed by atoms with Crippen molar-refractivity contribution in [2.45, 2.75) is 19.3 Å². The van der Waals surface area contributed by atoms with Crippen LogP contribution < -0.4 is 0 Å². The molecule has 6 heteroatoms. The summed E-state index contributed by atoms with van der Waals surface area (Å²) >= 11 is 0. The first-order valence-corrected chi connectivity index (χ1v) is 10.1. The molecule has 0 aromatic heterocycles. The number of allylic oxidation sites excluding steroid dienone is 2. The first-order valence-electron chi connectivity index (χ1n) is 10.1. The maximum absolute atomic E-state index is 13.5. The van der Waals surface area contributed by atoms with Gasteiger partial charge in [0.2, 0.25) is 0 Å². The van der Waals surface area contributed by atoms with E-state index in [0.717, 1.165) is 43.6 Å². The number of morpholine rings is 1. The largest absolute Gasteiger partial charge is 0.422 e. The van der Waals surface area contributed by atoms with Crippen LogP contribution in [0.5, 0.6) is 0 Å². The van der Waals surface area contributed by atoms with Crippen molar-refractivity contribution in [3.8, 4) is 0 Å². The maximum Gasteiger partial charge on any atom is 0.343 e. The molecule has 2 aliphatic rings. The Hall–Kier alpha value is -2.99. The molecule has 0 N–H and O–H groups in total. The molecular weight excluding hydrogens is 388 g/mol. The van der Waals surface area contributed by atoms with Crippen molar-refractivity contribution in [1.29, 1.82) is 0 Å². The fourth-order valence-corrected chi connectivity index (χ4v) is 3.76. The number of hydrogen-bond acceptors (Lipinski definition) is 4. The SMILES string of the molecule is O=C(OC(=C1CCCC=C1N1CCOCC1)c1ccc(F)cc1)c1ccc(F)cc1. The van der Waals surface area contributed by atoms with Gasteiger partial charge >= 0.3 is 5.97 Å². The van der Waals surface area contributed by atoms with Crippen LogP contribution in [-0.2, 0) is 9.47 Å². The Morgan fingerprint density at radius 3 is 2.13 bits per heavy atom. The molecule has 0 unspecified atom stereocenters. The number of hydrogen-bond donors (Lipinski definition) is 0. The summed E-state index contributed by atoms with van der Waals surface area (Å²) in [5, 5.41) is 0. The van der Waals surface area contributed by atoms with Gasteiger partial charge in [0.25, 0.3) is 0 Å². The van der Waals surface area contributed by atoms with Gasteiger partial charge in [0.1, 0.15) is 17.4 Å². The van der Waals surface area contributed by atoms with Gasteiger partial charge in [0.15, 0.2) is 0 Å². The summed E-state index contributed by atoms with van der Waals surface area (Å²) in [6, 6.07) is 11.2. The minimum atomic E-state index is -0.575. The molecule has 1 heterocycles. The molecule has 156 valence electrons. The zero-order valence-corrected chi connectivity index (χ0v) is 16.6. The first-order chi connectivity index (χ1) is 14.6. The molecule has 4 nitrogen and oxygen atoms in total. The summed E-state index contributed by atoms with van der Waals surface area (Å²) < 4.78 is 38.1. The third kappa shape index (κ3) is 4.60. The molecule has 1 aliphatic heterocycles. The van der Waals surface area contributed by atoms with E-state index >= 15 is 0 Å². The van der Waals surface area contributed by atoms with Gasteiger partial charge in [-0.25, -0.2) is 13.6 Å². The molecule has 0 spiro atoms. The highest BCUT2D eigenvalue weighted by Gasteiger charge is 2.25. The van der Waals surface area contributed by atoms with Crippen LogP contribution in [-0.4, -0.2) is 37.2 Å². The highest BCUT2D eigenvalue weighted by Crippen LogP contribution is 2.35. The van der Waals surface area contributed by atoms with E-state index in [4.69, 9.17) is 9.47 Å². The maximum atomic E-state index is 13.5. The molecular formula is C24H23F2NO3. The number of benzene rings is 2. The predicted octanol–water partition coefficient (Wildman–Crippen LogP) is 4.93. The summed E-state index contributed by atoms with van der Waals surface area (Å²) in [6.07, 6.45) is 4.78. The summed E-state index contributed by atoms with van der Waals surface area (Å²) in [5.74, 6) is -0.940. The Kier molecular flexibility index (Phi) is 6.23. The van der Waals surface area contributed by atoms with Gasteiger partial charge in [0.05, 0.1) is 18.8 Å². The van der Waals surface area contributed by atoms with Gasteiger partial charge in [-0.1, -0.05) is 6.08 Å². The molecule has 0 amide bonds. The zero-order chi connectivity index (χ0) is 20.9. The number of esters is 1. The van der Waals surface area contributed by atoms with E-state index in [-0.39, 0.29) is 11.4 Å². The summed E-state index contributed by atoms with van der Waals surface area (Å²) in [7, 11) is 0. The van der Waals surface area contributed by atoms with Crippen LogP contribution in [0.25, 0.3) is 5.76 Å². The molecule has 2 aromatic rings. The van der Waals surface area contributed by atoms with Crippen molar-refractivity contribution in [3.63, 3.8) is 0 Å². The van der Waals surface area contributed by atoms with Crippen molar-refractivity contribution in [3.05, 3.63) is 88.6 Å². The Balaban J connectivity index is 1.74. The van der Waals surface area contributed by atoms with E-state index in [1.54, 1.807) is 12.1 Å². The van der Waals surface area contributed by atoms with Gasteiger partial charge < -0.3 is 14.4 Å². The van der Waals surface area contributed by atoms with E-state index in [1.807, 2.05) is 0 Å². The summed E-state index contributed by atoms with van der Waals surface area (Å²) in [4.78, 5) is 15.1. The fourth-order valence-electron chi connectivity index (χ4n) is 3.76. The second-order valence-electron chi connectivity index (χ2n) is 7.29. The average molecular weight is 411 g/mol. The number of rotatable bonds is 4. The lowest BCUT2D eigenvalue weighted by atomic mass is 9.93. The van der Waals surface area contributed by atoms with Crippen molar-refractivity contribution in [2.75, 3.05) is 26.3 Å². The Bertz CT molecular complexity index is 959. The molecule has 30 heavy (non-hydrogen) atoms. The van der Waals surface area contributed by atoms with E-state index < -0.39 is 11.8 Å². The molecule has 4 rings (SSSR count). The third-order valence-corrected chi connectivity index (χ3v) is 5.28. The Morgan fingerprint density at radius 2 is 1.50 bits per heavy atom. The second kappa shape index (κ2) is 9.22. The van der Waals surface area contributed by atoms with Crippen LogP contribution >= 0.6 is 0 Å². The lowest BCUT2D eigenvalue weighted by Gasteiger charge is -2.34. The number of halogens is 2. The normalized spacial score (nSPS) is 18.6. The standard InChI is InChI=1S/C24H23F2NO3/c25-19-9-5-17(6-10-19)23(30-24(28)18-7-11-20(26)12-8-18)21-3-1-2-4-22(21)27-13-15-29-16-14-27/h4-12H,1-3,13-16H2. The number of nitrogens with zero attached hydrogens (tertiary/aromatic N) is 1. The van der Waals surface area contributed by atoms with Crippen molar-refractivity contribution in [1.82, 2.24) is 4.90 Å². The van der Waals surface area contributed by atoms with E-state index in [2.05, 4.69) is 11.0 Å². The van der Waals surface area contributed by atoms with Gasteiger partial charge in [0, 0.05) is 29.9 Å². The number of carbonyl (C=O) groups excluding carboxylic acids is 1. The van der Waals surface area contributed by atoms with Gasteiger partial charge in [-0.05, 0) is 67.8 Å². The smallest absolute Gasteiger partial charge is 0.343 e. The first kappa shape index (κ1) is 20.3. The zero-order valence-electron chi connectivity index (χ0n) is 16.6. The highest BCUT2D eigenvalue weighted by atomic mass is 19.1. The average Bonchev–Trinajstić information content (AvgIpc) is 2.79. The fraction of sp³-hybridized carbons (Fsp3) is 0.292. The molecule has 0 radical (unpaired) electrons. The lowest BCUT2D eigenvalue weighted by molar-refractivity contribution is 0.0537. The highest BCUT2D eigenvalue weighted by molar-refractivity contribution is 5.93. The molecule has 0 bridgehead atoms. The van der Waals surface area contributed by atoms with Crippen LogP contribution in [0.3, 0.4) is 0 Å². The van der Waals surface area contributed by atoms with Crippen molar-refractivity contribution >= 4 is 11.7 Å². The van der Waals surface area contributed by atoms with Crippen molar-refractivity contribution < 1.29 is 23.0 Å². The van der Waals surface area contributed by atoms with Gasteiger partial charge in [-0.3, -0.25) is 0 Å². The molecule has 1 saturated heterocycles. The van der Waals surface area contributed by atoms with Crippen LogP contribution in [0.1, 0.15) is 35.2 Å². The van der Waals surface area contributed by atoms with Crippen LogP contribution in [0, 0.1) is 11.6 Å². The minimum absolute atomic E-state index is 0.254. The van der Waals surface area contributed by atoms with Crippen LogP contribution in [0.15, 0.2) is 65.9 Å². The predicted molar refractivity (Wildman–Crippen MR) is 109 cm³/mol. The van der Waals surface area contributed by atoms with Crippen LogP contribution in [0.2, 0.25) is 0 Å². The monoisotopic (exact) mass is 411 g/mol. The Labute approximate surface area is 174 Å². The number of ether oxygens (including phenoxy) is 2. The topological polar surface area (TPSA) is 38.8 Å². The molecule has 0 saturated carbocycles. The van der Waals surface area contributed by atoms with E-state index in [0.29, 0.717) is 24.5 Å². The third-order valence-electron chi connectivity index (χ3n) is 5.28. The molecule has 1 fully saturated rings. The lowest BCUT2D eigenvalue weighted by Crippen LogP contribution is -2.37. The molecule has 0 atom stereocenters. The van der Waals surface area contributed by atoms with E-state index in [9.17, 15) is 13.6 Å². The molecule has 1 aliphatic carbocycles.